The highest BCUT2D eigenvalue weighted by atomic mass is 15.0. The quantitative estimate of drug-likeness (QED) is 0.300. The van der Waals surface area contributed by atoms with Gasteiger partial charge in [0.05, 0.1) is 41.2 Å². The van der Waals surface area contributed by atoms with Crippen LogP contribution in [0.25, 0.3) is 16.8 Å². The van der Waals surface area contributed by atoms with Gasteiger partial charge in [-0.05, 0) is 67.1 Å². The minimum atomic E-state index is 0.212. The normalized spacial score (nSPS) is 23.2. The zero-order chi connectivity index (χ0) is 26.5. The van der Waals surface area contributed by atoms with Crippen LogP contribution in [-0.4, -0.2) is 34.8 Å². The number of rotatable bonds is 8. The molecule has 1 aromatic carbocycles. The molecular weight excluding hydrogens is 472 g/mol. The third kappa shape index (κ3) is 5.72. The zero-order valence-corrected chi connectivity index (χ0v) is 21.6. The molecule has 8 N–H and O–H groups in total. The maximum atomic E-state index is 6.30. The lowest BCUT2D eigenvalue weighted by Crippen LogP contribution is -2.32. The van der Waals surface area contributed by atoms with Gasteiger partial charge in [-0.2, -0.15) is 0 Å². The summed E-state index contributed by atoms with van der Waals surface area (Å²) in [5, 5.41) is 10.1. The Hall–Kier alpha value is -4.14. The molecule has 0 bridgehead atoms. The molecule has 38 heavy (non-hydrogen) atoms. The predicted octanol–water partition coefficient (Wildman–Crippen LogP) is 3.91. The Morgan fingerprint density at radius 3 is 2.55 bits per heavy atom. The number of hydrogen-bond donors (Lipinski definition) is 6. The Balaban J connectivity index is 1.29. The first kappa shape index (κ1) is 25.5. The molecule has 0 saturated carbocycles. The van der Waals surface area contributed by atoms with E-state index in [4.69, 9.17) is 11.5 Å². The van der Waals surface area contributed by atoms with Crippen molar-refractivity contribution in [1.82, 2.24) is 25.9 Å². The molecule has 0 radical (unpaired) electrons. The van der Waals surface area contributed by atoms with E-state index in [9.17, 15) is 0 Å². The second-order valence-corrected chi connectivity index (χ2v) is 9.84. The Morgan fingerprint density at radius 2 is 1.84 bits per heavy atom. The van der Waals surface area contributed by atoms with Crippen LogP contribution in [0, 0.1) is 0 Å². The molecule has 8 nitrogen and oxygen atoms in total. The molecule has 3 aliphatic rings. The number of aromatic amines is 1. The SMILES string of the molecule is C=C1C=CC(c2ccc(-c3cnc([C@@H]4CCCN4)[nH]3)cc2)=C/C1=N/C=C(N)/C(=C/N)NC(=C)[C@@H]1CCCN1. The molecule has 3 heterocycles. The Morgan fingerprint density at radius 1 is 1.08 bits per heavy atom. The van der Waals surface area contributed by atoms with Crippen LogP contribution >= 0.6 is 0 Å². The summed E-state index contributed by atoms with van der Waals surface area (Å²) in [5.74, 6) is 1.01. The highest BCUT2D eigenvalue weighted by Gasteiger charge is 2.20. The van der Waals surface area contributed by atoms with Gasteiger partial charge in [0.1, 0.15) is 5.82 Å². The smallest absolute Gasteiger partial charge is 0.123 e. The Bertz CT molecular complexity index is 1340. The number of hydrogen-bond acceptors (Lipinski definition) is 7. The van der Waals surface area contributed by atoms with Gasteiger partial charge in [0, 0.05) is 17.9 Å². The summed E-state index contributed by atoms with van der Waals surface area (Å²) in [6.45, 7) is 10.3. The zero-order valence-electron chi connectivity index (χ0n) is 21.6. The van der Waals surface area contributed by atoms with Crippen LogP contribution in [0.15, 0.2) is 102 Å². The summed E-state index contributed by atoms with van der Waals surface area (Å²) in [5.41, 5.74) is 19.8. The number of benzene rings is 1. The van der Waals surface area contributed by atoms with E-state index in [0.717, 1.165) is 77.6 Å². The monoisotopic (exact) mass is 508 g/mol. The summed E-state index contributed by atoms with van der Waals surface area (Å²) in [6, 6.07) is 8.97. The average Bonchev–Trinajstić information content (AvgIpc) is 3.74. The van der Waals surface area contributed by atoms with E-state index >= 15 is 0 Å². The molecule has 5 rings (SSSR count). The summed E-state index contributed by atoms with van der Waals surface area (Å²) in [4.78, 5) is 12.7. The lowest BCUT2D eigenvalue weighted by Gasteiger charge is -2.18. The van der Waals surface area contributed by atoms with Gasteiger partial charge in [0.15, 0.2) is 0 Å². The van der Waals surface area contributed by atoms with Gasteiger partial charge in [-0.3, -0.25) is 4.99 Å². The number of aliphatic imine (C=N–C) groups is 1. The Labute approximate surface area is 224 Å². The van der Waals surface area contributed by atoms with Crippen molar-refractivity contribution in [3.05, 3.63) is 108 Å². The van der Waals surface area contributed by atoms with Crippen molar-refractivity contribution in [2.75, 3.05) is 13.1 Å². The molecule has 196 valence electrons. The van der Waals surface area contributed by atoms with E-state index in [0.29, 0.717) is 17.4 Å². The van der Waals surface area contributed by atoms with E-state index in [2.05, 4.69) is 74.4 Å². The minimum absolute atomic E-state index is 0.212. The van der Waals surface area contributed by atoms with Crippen LogP contribution < -0.4 is 27.4 Å². The number of nitrogens with two attached hydrogens (primary N) is 2. The average molecular weight is 509 g/mol. The van der Waals surface area contributed by atoms with Gasteiger partial charge in [-0.1, -0.05) is 49.6 Å². The number of allylic oxidation sites excluding steroid dienone is 5. The summed E-state index contributed by atoms with van der Waals surface area (Å²) >= 11 is 0. The molecule has 0 spiro atoms. The van der Waals surface area contributed by atoms with Gasteiger partial charge in [0.25, 0.3) is 0 Å². The summed E-state index contributed by atoms with van der Waals surface area (Å²) < 4.78 is 0. The minimum Gasteiger partial charge on any atom is -0.403 e. The van der Waals surface area contributed by atoms with Crippen molar-refractivity contribution in [1.29, 1.82) is 0 Å². The molecule has 1 aromatic heterocycles. The van der Waals surface area contributed by atoms with Crippen molar-refractivity contribution in [2.45, 2.75) is 37.8 Å². The fourth-order valence-electron chi connectivity index (χ4n) is 4.94. The molecule has 2 fully saturated rings. The van der Waals surface area contributed by atoms with Gasteiger partial charge in [0.2, 0.25) is 0 Å². The first-order valence-electron chi connectivity index (χ1n) is 13.1. The second-order valence-electron chi connectivity index (χ2n) is 9.84. The second kappa shape index (κ2) is 11.5. The van der Waals surface area contributed by atoms with E-state index in [1.165, 1.54) is 12.6 Å². The summed E-state index contributed by atoms with van der Waals surface area (Å²) in [7, 11) is 0. The fourth-order valence-corrected chi connectivity index (χ4v) is 4.94. The maximum Gasteiger partial charge on any atom is 0.123 e. The standard InChI is InChI=1S/C30H36N8/c1-19-7-8-23(15-27(19)35-17-24(32)28(16-31)37-20(2)25-5-3-13-33-25)21-9-11-22(12-10-21)29-18-36-30(38-29)26-6-4-14-34-26/h7-12,15-18,25-26,33-34,37H,1-6,13-14,31-32H2,(H,36,38)/b24-17-,28-16-,35-27-/t25-,26-/m0/s1. The fraction of sp³-hybridized carbons (Fsp3) is 0.267. The van der Waals surface area contributed by atoms with Gasteiger partial charge in [-0.25, -0.2) is 4.98 Å². The molecule has 2 aliphatic heterocycles. The Kier molecular flexibility index (Phi) is 7.72. The van der Waals surface area contributed by atoms with Crippen molar-refractivity contribution < 1.29 is 0 Å². The van der Waals surface area contributed by atoms with Crippen molar-refractivity contribution in [3.8, 4) is 11.3 Å². The van der Waals surface area contributed by atoms with E-state index in [1.807, 2.05) is 18.3 Å². The first-order chi connectivity index (χ1) is 18.5. The molecule has 0 unspecified atom stereocenters. The molecule has 1 aliphatic carbocycles. The number of imidazole rings is 1. The van der Waals surface area contributed by atoms with Crippen LogP contribution in [0.4, 0.5) is 0 Å². The molecule has 8 heteroatoms. The topological polar surface area (TPSA) is 129 Å². The molecule has 2 saturated heterocycles. The number of nitrogens with zero attached hydrogens (tertiary/aromatic N) is 2. The number of H-pyrrole nitrogens is 1. The van der Waals surface area contributed by atoms with Crippen LogP contribution in [0.5, 0.6) is 0 Å². The summed E-state index contributed by atoms with van der Waals surface area (Å²) in [6.07, 6.45) is 15.5. The predicted molar refractivity (Wildman–Crippen MR) is 156 cm³/mol. The van der Waals surface area contributed by atoms with Gasteiger partial charge in [-0.15, -0.1) is 0 Å². The van der Waals surface area contributed by atoms with E-state index in [-0.39, 0.29) is 6.04 Å². The van der Waals surface area contributed by atoms with Gasteiger partial charge >= 0.3 is 0 Å². The molecular formula is C30H36N8. The first-order valence-corrected chi connectivity index (χ1v) is 13.1. The third-order valence-electron chi connectivity index (χ3n) is 7.20. The highest BCUT2D eigenvalue weighted by Crippen LogP contribution is 2.27. The van der Waals surface area contributed by atoms with Gasteiger partial charge < -0.3 is 32.4 Å². The van der Waals surface area contributed by atoms with Crippen LogP contribution in [-0.2, 0) is 0 Å². The number of nitrogens with one attached hydrogen (secondary N) is 4. The molecule has 0 amide bonds. The van der Waals surface area contributed by atoms with Crippen molar-refractivity contribution >= 4 is 11.3 Å². The molecule has 2 aromatic rings. The van der Waals surface area contributed by atoms with Crippen LogP contribution in [0.2, 0.25) is 0 Å². The lowest BCUT2D eigenvalue weighted by atomic mass is 9.95. The van der Waals surface area contributed by atoms with E-state index in [1.54, 1.807) is 6.20 Å². The van der Waals surface area contributed by atoms with Crippen molar-refractivity contribution in [2.24, 2.45) is 16.5 Å². The number of aromatic nitrogens is 2. The highest BCUT2D eigenvalue weighted by molar-refractivity contribution is 6.16. The van der Waals surface area contributed by atoms with Crippen molar-refractivity contribution in [3.63, 3.8) is 0 Å². The third-order valence-corrected chi connectivity index (χ3v) is 7.20. The van der Waals surface area contributed by atoms with Crippen LogP contribution in [0.1, 0.15) is 43.1 Å². The lowest BCUT2D eigenvalue weighted by molar-refractivity contribution is 0.613. The molecule has 2 atom stereocenters. The largest absolute Gasteiger partial charge is 0.403 e. The van der Waals surface area contributed by atoms with E-state index < -0.39 is 0 Å². The maximum absolute atomic E-state index is 6.30. The van der Waals surface area contributed by atoms with Crippen LogP contribution in [0.3, 0.4) is 0 Å².